The van der Waals surface area contributed by atoms with Crippen molar-refractivity contribution in [2.24, 2.45) is 0 Å². The van der Waals surface area contributed by atoms with Crippen LogP contribution in [0.2, 0.25) is 0 Å². The fourth-order valence-electron chi connectivity index (χ4n) is 2.63. The summed E-state index contributed by atoms with van der Waals surface area (Å²) >= 11 is 0. The summed E-state index contributed by atoms with van der Waals surface area (Å²) < 4.78 is 32.5. The largest absolute Gasteiger partial charge is 0.478 e. The van der Waals surface area contributed by atoms with Gasteiger partial charge in [0.1, 0.15) is 0 Å². The minimum atomic E-state index is -3.89. The van der Waals surface area contributed by atoms with E-state index in [2.05, 4.69) is 20.0 Å². The molecule has 3 rings (SSSR count). The number of rotatable bonds is 7. The van der Waals surface area contributed by atoms with Crippen molar-refractivity contribution in [3.8, 4) is 5.88 Å². The normalized spacial score (nSPS) is 11.0. The second-order valence-electron chi connectivity index (χ2n) is 6.20. The van der Waals surface area contributed by atoms with Gasteiger partial charge in [-0.2, -0.15) is 0 Å². The molecule has 1 amide bonds. The predicted molar refractivity (Wildman–Crippen MR) is 109 cm³/mol. The third-order valence-corrected chi connectivity index (χ3v) is 5.50. The Bertz CT molecular complexity index is 1120. The summed E-state index contributed by atoms with van der Waals surface area (Å²) in [6, 6.07) is 13.5. The molecule has 1 heterocycles. The lowest BCUT2D eigenvalue weighted by atomic mass is 10.1. The number of nitrogens with zero attached hydrogens (tertiary/aromatic N) is 2. The van der Waals surface area contributed by atoms with Gasteiger partial charge in [0, 0.05) is 18.1 Å². The molecule has 0 radical (unpaired) electrons. The smallest absolute Gasteiger partial charge is 0.263 e. The first-order valence-corrected chi connectivity index (χ1v) is 10.2. The summed E-state index contributed by atoms with van der Waals surface area (Å²) in [6.45, 7) is 1.95. The van der Waals surface area contributed by atoms with E-state index in [4.69, 9.17) is 4.74 Å². The molecule has 0 aliphatic rings. The van der Waals surface area contributed by atoms with Crippen LogP contribution in [-0.4, -0.2) is 31.4 Å². The number of hydrogen-bond donors (Lipinski definition) is 2. The second-order valence-corrected chi connectivity index (χ2v) is 7.88. The predicted octanol–water partition coefficient (Wildman–Crippen LogP) is 2.78. The fourth-order valence-corrected chi connectivity index (χ4v) is 3.64. The van der Waals surface area contributed by atoms with Gasteiger partial charge in [0.25, 0.3) is 15.9 Å². The van der Waals surface area contributed by atoms with Crippen molar-refractivity contribution in [1.82, 2.24) is 9.97 Å². The van der Waals surface area contributed by atoms with Crippen molar-refractivity contribution in [3.05, 3.63) is 72.1 Å². The Balaban J connectivity index is 1.69. The molecule has 29 heavy (non-hydrogen) atoms. The van der Waals surface area contributed by atoms with Crippen molar-refractivity contribution in [1.29, 1.82) is 0 Å². The molecule has 0 fully saturated rings. The first kappa shape index (κ1) is 20.3. The summed E-state index contributed by atoms with van der Waals surface area (Å²) in [4.78, 5) is 20.1. The molecule has 2 N–H and O–H groups in total. The molecular formula is C20H20N4O4S. The minimum absolute atomic E-state index is 0.00869. The Kier molecular flexibility index (Phi) is 6.08. The maximum atomic E-state index is 12.6. The van der Waals surface area contributed by atoms with E-state index in [1.165, 1.54) is 43.8 Å². The van der Waals surface area contributed by atoms with Crippen LogP contribution >= 0.6 is 0 Å². The molecule has 0 saturated carbocycles. The van der Waals surface area contributed by atoms with Gasteiger partial charge in [-0.05, 0) is 42.3 Å². The Hall–Kier alpha value is -3.46. The van der Waals surface area contributed by atoms with Crippen LogP contribution in [-0.2, 0) is 21.2 Å². The fraction of sp³-hybridized carbons (Fsp3) is 0.150. The number of carbonyl (C=O) groups is 1. The zero-order valence-electron chi connectivity index (χ0n) is 15.9. The minimum Gasteiger partial charge on any atom is -0.478 e. The lowest BCUT2D eigenvalue weighted by Gasteiger charge is -2.11. The zero-order valence-corrected chi connectivity index (χ0v) is 16.7. The van der Waals surface area contributed by atoms with Gasteiger partial charge in [-0.25, -0.2) is 18.4 Å². The van der Waals surface area contributed by atoms with Gasteiger partial charge >= 0.3 is 0 Å². The molecule has 0 unspecified atom stereocenters. The molecule has 9 heteroatoms. The number of carbonyl (C=O) groups excluding carboxylic acids is 1. The molecule has 0 bridgehead atoms. The van der Waals surface area contributed by atoms with Gasteiger partial charge < -0.3 is 10.1 Å². The maximum absolute atomic E-state index is 12.6. The topological polar surface area (TPSA) is 110 Å². The van der Waals surface area contributed by atoms with E-state index in [0.717, 1.165) is 11.1 Å². The quantitative estimate of drug-likeness (QED) is 0.617. The van der Waals surface area contributed by atoms with Crippen molar-refractivity contribution in [3.63, 3.8) is 0 Å². The molecular weight excluding hydrogens is 392 g/mol. The molecule has 8 nitrogen and oxygen atoms in total. The van der Waals surface area contributed by atoms with Crippen molar-refractivity contribution < 1.29 is 17.9 Å². The lowest BCUT2D eigenvalue weighted by molar-refractivity contribution is -0.115. The standard InChI is InChI=1S/C20H20N4O4S/c1-14-5-3-4-6-15(14)13-18(25)23-16-7-9-17(10-8-16)29(26,27)24-19-20(28-2)22-12-11-21-19/h3-12H,13H2,1-2H3,(H,21,24)(H,23,25). The highest BCUT2D eigenvalue weighted by Gasteiger charge is 2.18. The highest BCUT2D eigenvalue weighted by Crippen LogP contribution is 2.22. The SMILES string of the molecule is COc1nccnc1NS(=O)(=O)c1ccc(NC(=O)Cc2ccccc2C)cc1. The van der Waals surface area contributed by atoms with E-state index < -0.39 is 10.0 Å². The van der Waals surface area contributed by atoms with Crippen LogP contribution in [0.25, 0.3) is 0 Å². The van der Waals surface area contributed by atoms with Crippen molar-refractivity contribution in [2.75, 3.05) is 17.1 Å². The molecule has 0 aliphatic heterocycles. The van der Waals surface area contributed by atoms with Crippen LogP contribution in [0, 0.1) is 6.92 Å². The molecule has 0 spiro atoms. The van der Waals surface area contributed by atoms with E-state index in [0.29, 0.717) is 5.69 Å². The maximum Gasteiger partial charge on any atom is 0.263 e. The van der Waals surface area contributed by atoms with E-state index >= 15 is 0 Å². The van der Waals surface area contributed by atoms with Gasteiger partial charge in [-0.1, -0.05) is 24.3 Å². The molecule has 2 aromatic carbocycles. The first-order valence-electron chi connectivity index (χ1n) is 8.71. The zero-order chi connectivity index (χ0) is 20.9. The molecule has 0 atom stereocenters. The van der Waals surface area contributed by atoms with Gasteiger partial charge in [0.05, 0.1) is 18.4 Å². The number of aromatic nitrogens is 2. The number of hydrogen-bond acceptors (Lipinski definition) is 6. The first-order chi connectivity index (χ1) is 13.9. The highest BCUT2D eigenvalue weighted by molar-refractivity contribution is 7.92. The summed E-state index contributed by atoms with van der Waals surface area (Å²) in [5.41, 5.74) is 2.47. The number of nitrogens with one attached hydrogen (secondary N) is 2. The van der Waals surface area contributed by atoms with Crippen LogP contribution in [0.1, 0.15) is 11.1 Å². The third kappa shape index (κ3) is 5.08. The number of aryl methyl sites for hydroxylation is 1. The summed E-state index contributed by atoms with van der Waals surface area (Å²) in [6.07, 6.45) is 2.99. The number of ether oxygens (including phenoxy) is 1. The van der Waals surface area contributed by atoms with Crippen LogP contribution < -0.4 is 14.8 Å². The Morgan fingerprint density at radius 1 is 1.03 bits per heavy atom. The number of amides is 1. The van der Waals surface area contributed by atoms with E-state index in [1.54, 1.807) is 0 Å². The van der Waals surface area contributed by atoms with Gasteiger partial charge in [-0.3, -0.25) is 9.52 Å². The molecule has 0 aliphatic carbocycles. The number of sulfonamides is 1. The summed E-state index contributed by atoms with van der Waals surface area (Å²) in [5, 5.41) is 2.77. The number of anilines is 2. The van der Waals surface area contributed by atoms with Gasteiger partial charge in [0.2, 0.25) is 11.7 Å². The average molecular weight is 412 g/mol. The third-order valence-electron chi connectivity index (χ3n) is 4.15. The van der Waals surface area contributed by atoms with Crippen LogP contribution in [0.5, 0.6) is 5.88 Å². The lowest BCUT2D eigenvalue weighted by Crippen LogP contribution is -2.16. The van der Waals surface area contributed by atoms with Crippen LogP contribution in [0.15, 0.2) is 65.8 Å². The summed E-state index contributed by atoms with van der Waals surface area (Å²) in [7, 11) is -2.52. The Labute approximate surface area is 169 Å². The number of methoxy groups -OCH3 is 1. The summed E-state index contributed by atoms with van der Waals surface area (Å²) in [5.74, 6) is -0.126. The average Bonchev–Trinajstić information content (AvgIpc) is 2.70. The van der Waals surface area contributed by atoms with Gasteiger partial charge in [-0.15, -0.1) is 0 Å². The van der Waals surface area contributed by atoms with E-state index in [1.807, 2.05) is 31.2 Å². The van der Waals surface area contributed by atoms with Crippen LogP contribution in [0.4, 0.5) is 11.5 Å². The van der Waals surface area contributed by atoms with Gasteiger partial charge in [0.15, 0.2) is 0 Å². The molecule has 0 saturated heterocycles. The Morgan fingerprint density at radius 3 is 2.41 bits per heavy atom. The number of benzene rings is 2. The van der Waals surface area contributed by atoms with E-state index in [9.17, 15) is 13.2 Å². The second kappa shape index (κ2) is 8.70. The van der Waals surface area contributed by atoms with E-state index in [-0.39, 0.29) is 28.9 Å². The molecule has 3 aromatic rings. The van der Waals surface area contributed by atoms with Crippen molar-refractivity contribution >= 4 is 27.4 Å². The van der Waals surface area contributed by atoms with Crippen molar-refractivity contribution in [2.45, 2.75) is 18.2 Å². The van der Waals surface area contributed by atoms with Crippen LogP contribution in [0.3, 0.4) is 0 Å². The monoisotopic (exact) mass is 412 g/mol. The molecule has 1 aromatic heterocycles. The Morgan fingerprint density at radius 2 is 1.72 bits per heavy atom. The highest BCUT2D eigenvalue weighted by atomic mass is 32.2. The molecule has 150 valence electrons.